The Morgan fingerprint density at radius 2 is 2.31 bits per heavy atom. The molecular weight excluding hydrogens is 270 g/mol. The van der Waals surface area contributed by atoms with Crippen LogP contribution in [-0.4, -0.2) is 19.1 Å². The fourth-order valence-corrected chi connectivity index (χ4v) is 1.69. The molecule has 0 aliphatic heterocycles. The highest BCUT2D eigenvalue weighted by Crippen LogP contribution is 2.11. The zero-order valence-corrected chi connectivity index (χ0v) is 10.9. The monoisotopic (exact) mass is 285 g/mol. The molecule has 1 rings (SSSR count). The van der Waals surface area contributed by atoms with Gasteiger partial charge >= 0.3 is 0 Å². The molecule has 4 heteroatoms. The molecule has 0 heterocycles. The first kappa shape index (κ1) is 13.2. The maximum atomic E-state index is 11.4. The maximum absolute atomic E-state index is 11.4. The molecule has 0 unspecified atom stereocenters. The van der Waals surface area contributed by atoms with Gasteiger partial charge in [-0.3, -0.25) is 4.79 Å². The van der Waals surface area contributed by atoms with Crippen LogP contribution in [0.1, 0.15) is 18.9 Å². The van der Waals surface area contributed by atoms with Crippen LogP contribution < -0.4 is 5.32 Å². The Morgan fingerprint density at radius 3 is 3.00 bits per heavy atom. The summed E-state index contributed by atoms with van der Waals surface area (Å²) in [5.74, 6) is 0.0217. The molecular formula is C12H16BrNO2. The van der Waals surface area contributed by atoms with Gasteiger partial charge in [0, 0.05) is 24.0 Å². The van der Waals surface area contributed by atoms with Gasteiger partial charge in [0.1, 0.15) is 0 Å². The lowest BCUT2D eigenvalue weighted by atomic mass is 10.2. The second kappa shape index (κ2) is 7.41. The van der Waals surface area contributed by atoms with E-state index in [4.69, 9.17) is 4.74 Å². The predicted molar refractivity (Wildman–Crippen MR) is 67.1 cm³/mol. The molecule has 88 valence electrons. The van der Waals surface area contributed by atoms with Gasteiger partial charge in [-0.25, -0.2) is 0 Å². The zero-order valence-electron chi connectivity index (χ0n) is 9.33. The number of ether oxygens (including phenoxy) is 1. The number of benzene rings is 1. The molecule has 0 fully saturated rings. The Hall–Kier alpha value is -0.870. The molecule has 16 heavy (non-hydrogen) atoms. The summed E-state index contributed by atoms with van der Waals surface area (Å²) in [6.07, 6.45) is 0.418. The molecule has 0 atom stereocenters. The van der Waals surface area contributed by atoms with Crippen molar-refractivity contribution in [3.8, 4) is 0 Å². The third-order valence-corrected chi connectivity index (χ3v) is 2.55. The highest BCUT2D eigenvalue weighted by molar-refractivity contribution is 9.10. The van der Waals surface area contributed by atoms with Gasteiger partial charge in [-0.15, -0.1) is 0 Å². The van der Waals surface area contributed by atoms with Crippen LogP contribution in [0.5, 0.6) is 0 Å². The average molecular weight is 286 g/mol. The molecule has 0 radical (unpaired) electrons. The minimum atomic E-state index is 0.0217. The second-order valence-electron chi connectivity index (χ2n) is 3.35. The van der Waals surface area contributed by atoms with E-state index >= 15 is 0 Å². The van der Waals surface area contributed by atoms with Gasteiger partial charge in [-0.05, 0) is 24.6 Å². The molecule has 0 aromatic heterocycles. The molecule has 1 aromatic rings. The molecule has 0 aliphatic rings. The van der Waals surface area contributed by atoms with Crippen molar-refractivity contribution in [1.82, 2.24) is 5.32 Å². The number of rotatable bonds is 6. The SMILES string of the molecule is CCOCCC(=O)NCc1cccc(Br)c1. The van der Waals surface area contributed by atoms with Crippen LogP contribution in [0.15, 0.2) is 28.7 Å². The van der Waals surface area contributed by atoms with Crippen LogP contribution in [-0.2, 0) is 16.1 Å². The molecule has 0 spiro atoms. The zero-order chi connectivity index (χ0) is 11.8. The minimum Gasteiger partial charge on any atom is -0.381 e. The highest BCUT2D eigenvalue weighted by Gasteiger charge is 2.01. The molecule has 1 amide bonds. The summed E-state index contributed by atoms with van der Waals surface area (Å²) in [5.41, 5.74) is 1.08. The number of hydrogen-bond acceptors (Lipinski definition) is 2. The topological polar surface area (TPSA) is 38.3 Å². The molecule has 1 N–H and O–H groups in total. The van der Waals surface area contributed by atoms with E-state index in [-0.39, 0.29) is 5.91 Å². The number of halogens is 1. The third-order valence-electron chi connectivity index (χ3n) is 2.06. The Bertz CT molecular complexity index is 342. The van der Waals surface area contributed by atoms with Gasteiger partial charge in [-0.2, -0.15) is 0 Å². The lowest BCUT2D eigenvalue weighted by molar-refractivity contribution is -0.122. The van der Waals surface area contributed by atoms with Gasteiger partial charge < -0.3 is 10.1 Å². The Labute approximate surface area is 104 Å². The molecule has 3 nitrogen and oxygen atoms in total. The molecule has 0 aliphatic carbocycles. The van der Waals surface area contributed by atoms with E-state index in [0.717, 1.165) is 10.0 Å². The number of carbonyl (C=O) groups excluding carboxylic acids is 1. The molecule has 1 aromatic carbocycles. The summed E-state index contributed by atoms with van der Waals surface area (Å²) < 4.78 is 6.13. The van der Waals surface area contributed by atoms with Crippen molar-refractivity contribution >= 4 is 21.8 Å². The Balaban J connectivity index is 2.26. The first-order valence-electron chi connectivity index (χ1n) is 5.31. The normalized spacial score (nSPS) is 10.1. The van der Waals surface area contributed by atoms with Crippen molar-refractivity contribution in [2.75, 3.05) is 13.2 Å². The van der Waals surface area contributed by atoms with Crippen LogP contribution in [0.4, 0.5) is 0 Å². The van der Waals surface area contributed by atoms with E-state index in [9.17, 15) is 4.79 Å². The van der Waals surface area contributed by atoms with E-state index in [1.807, 2.05) is 31.2 Å². The van der Waals surface area contributed by atoms with E-state index in [0.29, 0.717) is 26.2 Å². The van der Waals surface area contributed by atoms with Crippen LogP contribution in [0.2, 0.25) is 0 Å². The fourth-order valence-electron chi connectivity index (χ4n) is 1.25. The van der Waals surface area contributed by atoms with E-state index in [2.05, 4.69) is 21.2 Å². The van der Waals surface area contributed by atoms with Crippen LogP contribution in [0.25, 0.3) is 0 Å². The summed E-state index contributed by atoms with van der Waals surface area (Å²) in [6, 6.07) is 7.88. The van der Waals surface area contributed by atoms with E-state index in [1.165, 1.54) is 0 Å². The summed E-state index contributed by atoms with van der Waals surface area (Å²) in [5, 5.41) is 2.85. The first-order chi connectivity index (χ1) is 7.72. The summed E-state index contributed by atoms with van der Waals surface area (Å²) >= 11 is 3.39. The lowest BCUT2D eigenvalue weighted by Crippen LogP contribution is -2.23. The smallest absolute Gasteiger partial charge is 0.222 e. The minimum absolute atomic E-state index is 0.0217. The van der Waals surface area contributed by atoms with Gasteiger partial charge in [0.2, 0.25) is 5.91 Å². The van der Waals surface area contributed by atoms with Gasteiger partial charge in [0.15, 0.2) is 0 Å². The van der Waals surface area contributed by atoms with Gasteiger partial charge in [-0.1, -0.05) is 28.1 Å². The number of carbonyl (C=O) groups is 1. The van der Waals surface area contributed by atoms with Crippen molar-refractivity contribution in [3.63, 3.8) is 0 Å². The summed E-state index contributed by atoms with van der Waals surface area (Å²) in [7, 11) is 0. The van der Waals surface area contributed by atoms with Crippen molar-refractivity contribution in [3.05, 3.63) is 34.3 Å². The number of amides is 1. The van der Waals surface area contributed by atoms with Crippen molar-refractivity contribution in [2.24, 2.45) is 0 Å². The van der Waals surface area contributed by atoms with Gasteiger partial charge in [0.05, 0.1) is 6.61 Å². The maximum Gasteiger partial charge on any atom is 0.222 e. The van der Waals surface area contributed by atoms with Crippen LogP contribution in [0.3, 0.4) is 0 Å². The lowest BCUT2D eigenvalue weighted by Gasteiger charge is -2.05. The standard InChI is InChI=1S/C12H16BrNO2/c1-2-16-7-6-12(15)14-9-10-4-3-5-11(13)8-10/h3-5,8H,2,6-7,9H2,1H3,(H,14,15). The number of hydrogen-bond donors (Lipinski definition) is 1. The van der Waals surface area contributed by atoms with Crippen molar-refractivity contribution in [1.29, 1.82) is 0 Å². The average Bonchev–Trinajstić information content (AvgIpc) is 2.27. The second-order valence-corrected chi connectivity index (χ2v) is 4.27. The highest BCUT2D eigenvalue weighted by atomic mass is 79.9. The van der Waals surface area contributed by atoms with Crippen LogP contribution in [0, 0.1) is 0 Å². The van der Waals surface area contributed by atoms with Gasteiger partial charge in [0.25, 0.3) is 0 Å². The predicted octanol–water partition coefficient (Wildman–Crippen LogP) is 2.49. The summed E-state index contributed by atoms with van der Waals surface area (Å²) in [6.45, 7) is 3.61. The fraction of sp³-hybridized carbons (Fsp3) is 0.417. The Morgan fingerprint density at radius 1 is 1.50 bits per heavy atom. The van der Waals surface area contributed by atoms with E-state index in [1.54, 1.807) is 0 Å². The molecule has 0 saturated heterocycles. The summed E-state index contributed by atoms with van der Waals surface area (Å²) in [4.78, 5) is 11.4. The Kier molecular flexibility index (Phi) is 6.11. The van der Waals surface area contributed by atoms with Crippen molar-refractivity contribution < 1.29 is 9.53 Å². The van der Waals surface area contributed by atoms with Crippen LogP contribution >= 0.6 is 15.9 Å². The van der Waals surface area contributed by atoms with E-state index < -0.39 is 0 Å². The van der Waals surface area contributed by atoms with Crippen molar-refractivity contribution in [2.45, 2.75) is 19.9 Å². The third kappa shape index (κ3) is 5.28. The largest absolute Gasteiger partial charge is 0.381 e. The first-order valence-corrected chi connectivity index (χ1v) is 6.10. The quantitative estimate of drug-likeness (QED) is 0.816. The number of nitrogens with one attached hydrogen (secondary N) is 1. The molecule has 0 saturated carbocycles. The molecule has 0 bridgehead atoms.